The maximum Gasteiger partial charge on any atom is 0.310 e. The van der Waals surface area contributed by atoms with Crippen LogP contribution in [-0.2, 0) is 9.53 Å². The number of carbonyl (C=O) groups is 1. The van der Waals surface area contributed by atoms with Crippen LogP contribution in [0.4, 0.5) is 5.82 Å². The highest BCUT2D eigenvalue weighted by Gasteiger charge is 2.16. The monoisotopic (exact) mass is 248 g/mol. The lowest BCUT2D eigenvalue weighted by Crippen LogP contribution is -2.29. The van der Waals surface area contributed by atoms with Gasteiger partial charge in [-0.1, -0.05) is 6.92 Å². The summed E-state index contributed by atoms with van der Waals surface area (Å²) in [5.74, 6) is 0.397. The Bertz CT molecular complexity index is 552. The van der Waals surface area contributed by atoms with Crippen molar-refractivity contribution in [1.29, 1.82) is 0 Å². The standard InChI is InChI=1S/C12H16N4O2/c1-9(12(17)18-3)8-15(2)10-5-7-16-11(14-10)4-6-13-16/h4-7,9H,8H2,1-3H3. The second-order valence-corrected chi connectivity index (χ2v) is 4.22. The fraction of sp³-hybridized carbons (Fsp3) is 0.417. The van der Waals surface area contributed by atoms with E-state index in [0.29, 0.717) is 6.54 Å². The number of hydrogen-bond donors (Lipinski definition) is 0. The first kappa shape index (κ1) is 12.3. The first-order valence-electron chi connectivity index (χ1n) is 5.71. The second kappa shape index (κ2) is 5.03. The van der Waals surface area contributed by atoms with Crippen molar-refractivity contribution in [2.45, 2.75) is 6.92 Å². The van der Waals surface area contributed by atoms with E-state index < -0.39 is 0 Å². The molecule has 0 aliphatic heterocycles. The largest absolute Gasteiger partial charge is 0.469 e. The molecule has 1 atom stereocenters. The molecule has 18 heavy (non-hydrogen) atoms. The van der Waals surface area contributed by atoms with E-state index in [4.69, 9.17) is 4.74 Å². The molecular formula is C12H16N4O2. The molecule has 0 aliphatic carbocycles. The number of hydrogen-bond acceptors (Lipinski definition) is 5. The van der Waals surface area contributed by atoms with Crippen molar-refractivity contribution in [1.82, 2.24) is 14.6 Å². The Labute approximate surface area is 105 Å². The first-order valence-corrected chi connectivity index (χ1v) is 5.71. The van der Waals surface area contributed by atoms with Crippen molar-refractivity contribution in [3.05, 3.63) is 24.5 Å². The van der Waals surface area contributed by atoms with Gasteiger partial charge in [0.2, 0.25) is 0 Å². The lowest BCUT2D eigenvalue weighted by molar-refractivity contribution is -0.144. The zero-order valence-electron chi connectivity index (χ0n) is 10.7. The molecule has 1 unspecified atom stereocenters. The number of rotatable bonds is 4. The third-order valence-electron chi connectivity index (χ3n) is 2.79. The molecule has 2 aromatic rings. The number of methoxy groups -OCH3 is 1. The van der Waals surface area contributed by atoms with Gasteiger partial charge in [-0.15, -0.1) is 0 Å². The summed E-state index contributed by atoms with van der Waals surface area (Å²) in [6.07, 6.45) is 3.54. The average molecular weight is 248 g/mol. The summed E-state index contributed by atoms with van der Waals surface area (Å²) in [7, 11) is 3.30. The predicted molar refractivity (Wildman–Crippen MR) is 67.4 cm³/mol. The molecule has 0 aliphatic rings. The zero-order valence-corrected chi connectivity index (χ0v) is 10.7. The van der Waals surface area contributed by atoms with Gasteiger partial charge in [-0.3, -0.25) is 4.79 Å². The number of fused-ring (bicyclic) bond motifs is 1. The lowest BCUT2D eigenvalue weighted by atomic mass is 10.2. The van der Waals surface area contributed by atoms with E-state index in [1.807, 2.05) is 37.2 Å². The molecule has 0 aromatic carbocycles. The maximum atomic E-state index is 11.4. The average Bonchev–Trinajstić information content (AvgIpc) is 2.84. The number of aromatic nitrogens is 3. The van der Waals surface area contributed by atoms with Gasteiger partial charge in [0.25, 0.3) is 0 Å². The van der Waals surface area contributed by atoms with Crippen LogP contribution in [0.3, 0.4) is 0 Å². The van der Waals surface area contributed by atoms with Crippen molar-refractivity contribution < 1.29 is 9.53 Å². The van der Waals surface area contributed by atoms with Gasteiger partial charge >= 0.3 is 5.97 Å². The van der Waals surface area contributed by atoms with Crippen LogP contribution in [0.25, 0.3) is 5.65 Å². The second-order valence-electron chi connectivity index (χ2n) is 4.22. The van der Waals surface area contributed by atoms with Crippen LogP contribution in [0.15, 0.2) is 24.5 Å². The molecule has 2 aromatic heterocycles. The first-order chi connectivity index (χ1) is 8.61. The minimum Gasteiger partial charge on any atom is -0.469 e. The van der Waals surface area contributed by atoms with Crippen molar-refractivity contribution >= 4 is 17.4 Å². The highest BCUT2D eigenvalue weighted by molar-refractivity contribution is 5.72. The van der Waals surface area contributed by atoms with Crippen molar-refractivity contribution in [2.75, 3.05) is 25.6 Å². The third kappa shape index (κ3) is 2.42. The summed E-state index contributed by atoms with van der Waals surface area (Å²) in [6.45, 7) is 2.39. The summed E-state index contributed by atoms with van der Waals surface area (Å²) >= 11 is 0. The van der Waals surface area contributed by atoms with Crippen LogP contribution >= 0.6 is 0 Å². The van der Waals surface area contributed by atoms with Crippen molar-refractivity contribution in [3.63, 3.8) is 0 Å². The van der Waals surface area contributed by atoms with E-state index >= 15 is 0 Å². The third-order valence-corrected chi connectivity index (χ3v) is 2.79. The van der Waals surface area contributed by atoms with Crippen LogP contribution < -0.4 is 4.90 Å². The van der Waals surface area contributed by atoms with Crippen molar-refractivity contribution in [2.24, 2.45) is 5.92 Å². The number of anilines is 1. The SMILES string of the molecule is COC(=O)C(C)CN(C)c1ccn2nccc2n1. The molecule has 6 nitrogen and oxygen atoms in total. The van der Waals surface area contributed by atoms with Gasteiger partial charge in [0.05, 0.1) is 19.2 Å². The van der Waals surface area contributed by atoms with Crippen LogP contribution in [0.1, 0.15) is 6.92 Å². The van der Waals surface area contributed by atoms with Crippen LogP contribution in [0.2, 0.25) is 0 Å². The smallest absolute Gasteiger partial charge is 0.310 e. The molecule has 0 radical (unpaired) electrons. The van der Waals surface area contributed by atoms with Gasteiger partial charge in [-0.2, -0.15) is 5.10 Å². The lowest BCUT2D eigenvalue weighted by Gasteiger charge is -2.21. The normalized spacial score (nSPS) is 12.4. The minimum absolute atomic E-state index is 0.192. The number of esters is 1. The van der Waals surface area contributed by atoms with Gasteiger partial charge in [0.1, 0.15) is 5.82 Å². The summed E-state index contributed by atoms with van der Waals surface area (Å²) in [4.78, 5) is 17.7. The molecule has 0 N–H and O–H groups in total. The molecule has 0 spiro atoms. The maximum absolute atomic E-state index is 11.4. The molecule has 0 bridgehead atoms. The Morgan fingerprint density at radius 3 is 3.06 bits per heavy atom. The molecule has 2 rings (SSSR count). The highest BCUT2D eigenvalue weighted by Crippen LogP contribution is 2.12. The van der Waals surface area contributed by atoms with Gasteiger partial charge < -0.3 is 9.64 Å². The summed E-state index contributed by atoms with van der Waals surface area (Å²) in [5, 5.41) is 4.08. The molecule has 2 heterocycles. The van der Waals surface area contributed by atoms with Crippen LogP contribution in [0, 0.1) is 5.92 Å². The Balaban J connectivity index is 2.12. The number of carbonyl (C=O) groups excluding carboxylic acids is 1. The van der Waals surface area contributed by atoms with E-state index in [2.05, 4.69) is 10.1 Å². The van der Waals surface area contributed by atoms with E-state index in [1.165, 1.54) is 7.11 Å². The fourth-order valence-corrected chi connectivity index (χ4v) is 1.80. The predicted octanol–water partition coefficient (Wildman–Crippen LogP) is 0.975. The molecule has 0 saturated heterocycles. The van der Waals surface area contributed by atoms with Crippen LogP contribution in [0.5, 0.6) is 0 Å². The quantitative estimate of drug-likeness (QED) is 0.755. The molecular weight excluding hydrogens is 232 g/mol. The van der Waals surface area contributed by atoms with Crippen molar-refractivity contribution in [3.8, 4) is 0 Å². The highest BCUT2D eigenvalue weighted by atomic mass is 16.5. The number of ether oxygens (including phenoxy) is 1. The Morgan fingerprint density at radius 2 is 2.33 bits per heavy atom. The molecule has 6 heteroatoms. The Kier molecular flexibility index (Phi) is 3.45. The summed E-state index contributed by atoms with van der Waals surface area (Å²) < 4.78 is 6.40. The molecule has 0 saturated carbocycles. The number of nitrogens with zero attached hydrogens (tertiary/aromatic N) is 4. The van der Waals surface area contributed by atoms with Gasteiger partial charge in [0.15, 0.2) is 5.65 Å². The van der Waals surface area contributed by atoms with Gasteiger partial charge in [-0.05, 0) is 6.07 Å². The van der Waals surface area contributed by atoms with Crippen LogP contribution in [-0.4, -0.2) is 41.3 Å². The van der Waals surface area contributed by atoms with E-state index in [0.717, 1.165) is 11.5 Å². The molecule has 96 valence electrons. The van der Waals surface area contributed by atoms with E-state index in [9.17, 15) is 4.79 Å². The minimum atomic E-state index is -0.215. The molecule has 0 amide bonds. The Morgan fingerprint density at radius 1 is 1.56 bits per heavy atom. The van der Waals surface area contributed by atoms with Gasteiger partial charge in [0, 0.05) is 25.9 Å². The zero-order chi connectivity index (χ0) is 13.1. The summed E-state index contributed by atoms with van der Waals surface area (Å²) in [5.41, 5.74) is 0.782. The molecule has 0 fully saturated rings. The van der Waals surface area contributed by atoms with E-state index in [1.54, 1.807) is 10.7 Å². The Hall–Kier alpha value is -2.11. The fourth-order valence-electron chi connectivity index (χ4n) is 1.80. The van der Waals surface area contributed by atoms with E-state index in [-0.39, 0.29) is 11.9 Å². The van der Waals surface area contributed by atoms with Gasteiger partial charge in [-0.25, -0.2) is 9.50 Å². The summed E-state index contributed by atoms with van der Waals surface area (Å²) in [6, 6.07) is 3.70. The topological polar surface area (TPSA) is 59.7 Å².